The highest BCUT2D eigenvalue weighted by atomic mass is 19.1. The van der Waals surface area contributed by atoms with Crippen LogP contribution < -0.4 is 0 Å². The average Bonchev–Trinajstić information content (AvgIpc) is 2.73. The van der Waals surface area contributed by atoms with Crippen LogP contribution in [0.5, 0.6) is 0 Å². The number of fused-ring (bicyclic) bond motifs is 1. The van der Waals surface area contributed by atoms with Crippen LogP contribution >= 0.6 is 0 Å². The smallest absolute Gasteiger partial charge is 0.132 e. The Morgan fingerprint density at radius 2 is 2.26 bits per heavy atom. The van der Waals surface area contributed by atoms with E-state index in [1.165, 1.54) is 6.07 Å². The maximum absolute atomic E-state index is 13.7. The second kappa shape index (κ2) is 4.54. The summed E-state index contributed by atoms with van der Waals surface area (Å²) in [5.41, 5.74) is 1.12. The summed E-state index contributed by atoms with van der Waals surface area (Å²) in [7, 11) is 0. The zero-order chi connectivity index (χ0) is 13.5. The van der Waals surface area contributed by atoms with Crippen LogP contribution in [0.3, 0.4) is 0 Å². The summed E-state index contributed by atoms with van der Waals surface area (Å²) in [4.78, 5) is 6.47. The van der Waals surface area contributed by atoms with Crippen molar-refractivity contribution in [2.24, 2.45) is 0 Å². The minimum Gasteiger partial charge on any atom is -0.389 e. The highest BCUT2D eigenvalue weighted by molar-refractivity contribution is 5.82. The highest BCUT2D eigenvalue weighted by Gasteiger charge is 2.31. The number of β-amino-alcohol motifs (C(OH)–C–C–N with tert-alkyl or cyclic N) is 1. The van der Waals surface area contributed by atoms with E-state index < -0.39 is 5.60 Å². The average molecular weight is 260 g/mol. The molecule has 3 nitrogen and oxygen atoms in total. The Kier molecular flexibility index (Phi) is 2.99. The van der Waals surface area contributed by atoms with Gasteiger partial charge >= 0.3 is 0 Å². The van der Waals surface area contributed by atoms with Gasteiger partial charge in [-0.25, -0.2) is 4.39 Å². The molecule has 0 spiro atoms. The third kappa shape index (κ3) is 2.46. The van der Waals surface area contributed by atoms with Crippen LogP contribution in [0.2, 0.25) is 0 Å². The lowest BCUT2D eigenvalue weighted by atomic mass is 10.1. The number of benzene rings is 1. The molecule has 0 amide bonds. The molecule has 0 bridgehead atoms. The van der Waals surface area contributed by atoms with E-state index in [1.54, 1.807) is 24.4 Å². The summed E-state index contributed by atoms with van der Waals surface area (Å²) in [6.45, 7) is 4.06. The number of aromatic nitrogens is 1. The molecule has 0 radical (unpaired) electrons. The summed E-state index contributed by atoms with van der Waals surface area (Å²) >= 11 is 0. The van der Waals surface area contributed by atoms with Crippen molar-refractivity contribution in [2.45, 2.75) is 25.5 Å². The van der Waals surface area contributed by atoms with E-state index >= 15 is 0 Å². The van der Waals surface area contributed by atoms with E-state index in [4.69, 9.17) is 0 Å². The van der Waals surface area contributed by atoms with Gasteiger partial charge in [-0.1, -0.05) is 6.07 Å². The monoisotopic (exact) mass is 260 g/mol. The Hall–Kier alpha value is -1.52. The standard InChI is InChI=1S/C15H17FN2O/c1-15(19)6-8-18(10-15)9-11-4-5-13(16)12-3-2-7-17-14(11)12/h2-5,7,19H,6,8-10H2,1H3. The van der Waals surface area contributed by atoms with Gasteiger partial charge in [0.1, 0.15) is 5.82 Å². The Labute approximate surface area is 111 Å². The largest absolute Gasteiger partial charge is 0.389 e. The molecular formula is C15H17FN2O. The first kappa shape index (κ1) is 12.5. The molecule has 1 unspecified atom stereocenters. The fourth-order valence-corrected chi connectivity index (χ4v) is 2.74. The number of hydrogen-bond donors (Lipinski definition) is 1. The Morgan fingerprint density at radius 3 is 3.00 bits per heavy atom. The zero-order valence-corrected chi connectivity index (χ0v) is 10.9. The van der Waals surface area contributed by atoms with Gasteiger partial charge in [0.25, 0.3) is 0 Å². The molecule has 1 aliphatic heterocycles. The minimum atomic E-state index is -0.608. The van der Waals surface area contributed by atoms with Crippen molar-refractivity contribution in [3.8, 4) is 0 Å². The molecule has 2 heterocycles. The van der Waals surface area contributed by atoms with Crippen LogP contribution in [0.4, 0.5) is 4.39 Å². The lowest BCUT2D eigenvalue weighted by molar-refractivity contribution is 0.0679. The van der Waals surface area contributed by atoms with Gasteiger partial charge in [-0.3, -0.25) is 9.88 Å². The zero-order valence-electron chi connectivity index (χ0n) is 10.9. The first-order valence-corrected chi connectivity index (χ1v) is 6.52. The molecule has 3 rings (SSSR count). The van der Waals surface area contributed by atoms with Gasteiger partial charge in [-0.05, 0) is 37.1 Å². The SMILES string of the molecule is CC1(O)CCN(Cc2ccc(F)c3cccnc23)C1. The summed E-state index contributed by atoms with van der Waals surface area (Å²) < 4.78 is 13.7. The van der Waals surface area contributed by atoms with Crippen LogP contribution in [0.1, 0.15) is 18.9 Å². The van der Waals surface area contributed by atoms with Crippen molar-refractivity contribution in [2.75, 3.05) is 13.1 Å². The fraction of sp³-hybridized carbons (Fsp3) is 0.400. The molecule has 1 aliphatic rings. The highest BCUT2D eigenvalue weighted by Crippen LogP contribution is 2.25. The van der Waals surface area contributed by atoms with Gasteiger partial charge in [0, 0.05) is 31.2 Å². The molecule has 1 aromatic carbocycles. The summed E-state index contributed by atoms with van der Waals surface area (Å²) in [5, 5.41) is 10.5. The molecule has 1 atom stereocenters. The van der Waals surface area contributed by atoms with Crippen molar-refractivity contribution >= 4 is 10.9 Å². The van der Waals surface area contributed by atoms with Gasteiger partial charge in [0.05, 0.1) is 11.1 Å². The van der Waals surface area contributed by atoms with E-state index in [1.807, 2.05) is 6.92 Å². The van der Waals surface area contributed by atoms with E-state index in [-0.39, 0.29) is 5.82 Å². The fourth-order valence-electron chi connectivity index (χ4n) is 2.74. The van der Waals surface area contributed by atoms with Crippen LogP contribution in [-0.4, -0.2) is 33.7 Å². The Bertz CT molecular complexity index is 612. The van der Waals surface area contributed by atoms with Gasteiger partial charge in [-0.15, -0.1) is 0 Å². The molecule has 4 heteroatoms. The third-order valence-corrected chi connectivity index (χ3v) is 3.72. The molecule has 1 aromatic heterocycles. The first-order valence-electron chi connectivity index (χ1n) is 6.52. The van der Waals surface area contributed by atoms with Crippen molar-refractivity contribution < 1.29 is 9.50 Å². The van der Waals surface area contributed by atoms with E-state index in [0.29, 0.717) is 24.0 Å². The van der Waals surface area contributed by atoms with Crippen LogP contribution in [0, 0.1) is 5.82 Å². The molecule has 0 saturated carbocycles. The van der Waals surface area contributed by atoms with Crippen molar-refractivity contribution in [3.63, 3.8) is 0 Å². The van der Waals surface area contributed by atoms with Crippen molar-refractivity contribution in [1.82, 2.24) is 9.88 Å². The lowest BCUT2D eigenvalue weighted by Crippen LogP contribution is -2.29. The molecule has 1 fully saturated rings. The van der Waals surface area contributed by atoms with E-state index in [0.717, 1.165) is 18.5 Å². The van der Waals surface area contributed by atoms with Crippen LogP contribution in [-0.2, 0) is 6.54 Å². The first-order chi connectivity index (χ1) is 9.05. The summed E-state index contributed by atoms with van der Waals surface area (Å²) in [6, 6.07) is 6.78. The van der Waals surface area contributed by atoms with Crippen LogP contribution in [0.15, 0.2) is 30.5 Å². The van der Waals surface area contributed by atoms with E-state index in [2.05, 4.69) is 9.88 Å². The predicted octanol–water partition coefficient (Wildman–Crippen LogP) is 2.33. The number of likely N-dealkylation sites (tertiary alicyclic amines) is 1. The molecule has 1 saturated heterocycles. The van der Waals surface area contributed by atoms with Gasteiger partial charge < -0.3 is 5.11 Å². The summed E-state index contributed by atoms with van der Waals surface area (Å²) in [5.74, 6) is -0.236. The normalized spacial score (nSPS) is 24.2. The molecular weight excluding hydrogens is 243 g/mol. The summed E-state index contributed by atoms with van der Waals surface area (Å²) in [6.07, 6.45) is 2.46. The molecule has 1 N–H and O–H groups in total. The van der Waals surface area contributed by atoms with Crippen LogP contribution in [0.25, 0.3) is 10.9 Å². The minimum absolute atomic E-state index is 0.236. The molecule has 2 aromatic rings. The lowest BCUT2D eigenvalue weighted by Gasteiger charge is -2.19. The number of pyridine rings is 1. The number of hydrogen-bond acceptors (Lipinski definition) is 3. The topological polar surface area (TPSA) is 36.4 Å². The molecule has 0 aliphatic carbocycles. The number of rotatable bonds is 2. The van der Waals surface area contributed by atoms with Gasteiger partial charge in [-0.2, -0.15) is 0 Å². The Balaban J connectivity index is 1.92. The van der Waals surface area contributed by atoms with Crippen molar-refractivity contribution in [1.29, 1.82) is 0 Å². The molecule has 100 valence electrons. The third-order valence-electron chi connectivity index (χ3n) is 3.72. The number of aliphatic hydroxyl groups is 1. The second-order valence-corrected chi connectivity index (χ2v) is 5.56. The van der Waals surface area contributed by atoms with E-state index in [9.17, 15) is 9.50 Å². The number of halogens is 1. The van der Waals surface area contributed by atoms with Gasteiger partial charge in [0.2, 0.25) is 0 Å². The second-order valence-electron chi connectivity index (χ2n) is 5.56. The van der Waals surface area contributed by atoms with Gasteiger partial charge in [0.15, 0.2) is 0 Å². The maximum atomic E-state index is 13.7. The maximum Gasteiger partial charge on any atom is 0.132 e. The number of nitrogens with zero attached hydrogens (tertiary/aromatic N) is 2. The van der Waals surface area contributed by atoms with Crippen molar-refractivity contribution in [3.05, 3.63) is 41.8 Å². The molecule has 19 heavy (non-hydrogen) atoms. The quantitative estimate of drug-likeness (QED) is 0.900. The Morgan fingerprint density at radius 1 is 1.42 bits per heavy atom. The predicted molar refractivity (Wildman–Crippen MR) is 72.2 cm³/mol.